The number of anilines is 2. The molecule has 2 N–H and O–H groups in total. The smallest absolute Gasteiger partial charge is 0.134 e. The summed E-state index contributed by atoms with van der Waals surface area (Å²) in [6, 6.07) is 20.9. The fourth-order valence-electron chi connectivity index (χ4n) is 4.25. The van der Waals surface area contributed by atoms with Gasteiger partial charge < -0.3 is 15.1 Å². The summed E-state index contributed by atoms with van der Waals surface area (Å²) in [6.07, 6.45) is 3.70. The first-order valence-electron chi connectivity index (χ1n) is 11.9. The summed E-state index contributed by atoms with van der Waals surface area (Å²) in [5, 5.41) is 7.90. The molecule has 6 nitrogen and oxygen atoms in total. The fourth-order valence-corrected chi connectivity index (χ4v) is 4.25. The molecular formula is C29H29N5O. The third kappa shape index (κ3) is 4.87. The van der Waals surface area contributed by atoms with E-state index in [4.69, 9.17) is 4.42 Å². The molecule has 176 valence electrons. The normalized spacial score (nSPS) is 12.0. The van der Waals surface area contributed by atoms with E-state index in [1.54, 1.807) is 6.26 Å². The minimum absolute atomic E-state index is 0.0599. The Morgan fingerprint density at radius 1 is 0.886 bits per heavy atom. The Balaban J connectivity index is 1.39. The zero-order valence-electron chi connectivity index (χ0n) is 20.5. The summed E-state index contributed by atoms with van der Waals surface area (Å²) >= 11 is 0. The van der Waals surface area contributed by atoms with E-state index in [0.29, 0.717) is 0 Å². The highest BCUT2D eigenvalue weighted by molar-refractivity contribution is 5.85. The molecule has 0 saturated heterocycles. The Bertz CT molecular complexity index is 1470. The van der Waals surface area contributed by atoms with E-state index in [1.165, 1.54) is 5.56 Å². The van der Waals surface area contributed by atoms with Crippen molar-refractivity contribution in [3.8, 4) is 22.4 Å². The number of furan rings is 1. The predicted molar refractivity (Wildman–Crippen MR) is 143 cm³/mol. The van der Waals surface area contributed by atoms with Crippen molar-refractivity contribution in [3.05, 3.63) is 90.1 Å². The van der Waals surface area contributed by atoms with Crippen LogP contribution in [0.15, 0.2) is 77.5 Å². The second-order valence-electron chi connectivity index (χ2n) is 8.77. The summed E-state index contributed by atoms with van der Waals surface area (Å²) in [5.74, 6) is 2.41. The number of pyridine rings is 1. The number of rotatable bonds is 7. The van der Waals surface area contributed by atoms with Gasteiger partial charge in [0.25, 0.3) is 0 Å². The Morgan fingerprint density at radius 2 is 1.74 bits per heavy atom. The van der Waals surface area contributed by atoms with E-state index in [0.717, 1.165) is 62.9 Å². The number of aromatic nitrogens is 3. The Labute approximate surface area is 205 Å². The summed E-state index contributed by atoms with van der Waals surface area (Å²) in [5.41, 5.74) is 7.32. The first-order chi connectivity index (χ1) is 17.0. The largest absolute Gasteiger partial charge is 0.464 e. The van der Waals surface area contributed by atoms with Crippen LogP contribution in [0.4, 0.5) is 11.6 Å². The standard InChI is InChI=1S/C29H29N5O/c1-5-30-28-12-10-24(16-31-28)22-8-6-7-21(13-22)19(3)32-29-15-26(33-20(4)34-29)23-9-11-27-25(14-23)18(2)17-35-27/h6-17,19H,5H2,1-4H3,(H,30,31)(H,32,33,34)/t19-/m0/s1. The van der Waals surface area contributed by atoms with E-state index in [9.17, 15) is 0 Å². The lowest BCUT2D eigenvalue weighted by atomic mass is 10.0. The van der Waals surface area contributed by atoms with Crippen molar-refractivity contribution in [1.82, 2.24) is 15.0 Å². The average Bonchev–Trinajstić information content (AvgIpc) is 3.24. The molecule has 0 radical (unpaired) electrons. The van der Waals surface area contributed by atoms with Crippen LogP contribution in [0, 0.1) is 13.8 Å². The molecular weight excluding hydrogens is 434 g/mol. The maximum atomic E-state index is 5.59. The minimum atomic E-state index is 0.0599. The van der Waals surface area contributed by atoms with Gasteiger partial charge in [-0.25, -0.2) is 15.0 Å². The summed E-state index contributed by atoms with van der Waals surface area (Å²) in [7, 11) is 0. The molecule has 5 aromatic rings. The van der Waals surface area contributed by atoms with Crippen LogP contribution in [0.5, 0.6) is 0 Å². The molecule has 0 aliphatic rings. The molecule has 0 fully saturated rings. The van der Waals surface area contributed by atoms with Crippen LogP contribution in [0.2, 0.25) is 0 Å². The van der Waals surface area contributed by atoms with Gasteiger partial charge in [0.05, 0.1) is 12.0 Å². The van der Waals surface area contributed by atoms with Gasteiger partial charge in [-0.05, 0) is 80.8 Å². The van der Waals surface area contributed by atoms with Crippen LogP contribution in [0.1, 0.15) is 36.8 Å². The Hall–Kier alpha value is -4.19. The van der Waals surface area contributed by atoms with Crippen LogP contribution >= 0.6 is 0 Å². The average molecular weight is 464 g/mol. The molecule has 35 heavy (non-hydrogen) atoms. The van der Waals surface area contributed by atoms with Gasteiger partial charge in [0, 0.05) is 41.4 Å². The lowest BCUT2D eigenvalue weighted by Gasteiger charge is -2.17. The molecule has 0 aliphatic heterocycles. The molecule has 0 bridgehead atoms. The van der Waals surface area contributed by atoms with Gasteiger partial charge in [-0.3, -0.25) is 0 Å². The molecule has 0 saturated carbocycles. The number of nitrogens with one attached hydrogen (secondary N) is 2. The first-order valence-corrected chi connectivity index (χ1v) is 11.9. The molecule has 6 heteroatoms. The zero-order chi connectivity index (χ0) is 24.4. The van der Waals surface area contributed by atoms with Crippen molar-refractivity contribution in [1.29, 1.82) is 0 Å². The summed E-state index contributed by atoms with van der Waals surface area (Å²) < 4.78 is 5.59. The molecule has 5 rings (SSSR count). The van der Waals surface area contributed by atoms with E-state index >= 15 is 0 Å². The van der Waals surface area contributed by atoms with E-state index < -0.39 is 0 Å². The van der Waals surface area contributed by atoms with Crippen molar-refractivity contribution in [2.24, 2.45) is 0 Å². The molecule has 3 heterocycles. The predicted octanol–water partition coefficient (Wildman–Crippen LogP) is 7.17. The number of fused-ring (bicyclic) bond motifs is 1. The lowest BCUT2D eigenvalue weighted by Crippen LogP contribution is -2.09. The summed E-state index contributed by atoms with van der Waals surface area (Å²) in [4.78, 5) is 13.8. The van der Waals surface area contributed by atoms with Crippen molar-refractivity contribution >= 4 is 22.6 Å². The highest BCUT2D eigenvalue weighted by Gasteiger charge is 2.12. The van der Waals surface area contributed by atoms with E-state index in [-0.39, 0.29) is 6.04 Å². The first kappa shape index (κ1) is 22.6. The van der Waals surface area contributed by atoms with Crippen molar-refractivity contribution in [3.63, 3.8) is 0 Å². The van der Waals surface area contributed by atoms with Crippen LogP contribution < -0.4 is 10.6 Å². The third-order valence-corrected chi connectivity index (χ3v) is 6.11. The maximum Gasteiger partial charge on any atom is 0.134 e. The Kier molecular flexibility index (Phi) is 6.19. The number of hydrogen-bond donors (Lipinski definition) is 2. The SMILES string of the molecule is CCNc1ccc(-c2cccc([C@H](C)Nc3cc(-c4ccc5occ(C)c5c4)nc(C)n3)c2)cn1. The van der Waals surface area contributed by atoms with Crippen molar-refractivity contribution in [2.75, 3.05) is 17.2 Å². The molecule has 0 amide bonds. The number of nitrogens with zero attached hydrogens (tertiary/aromatic N) is 3. The van der Waals surface area contributed by atoms with Gasteiger partial charge >= 0.3 is 0 Å². The number of hydrogen-bond acceptors (Lipinski definition) is 6. The second kappa shape index (κ2) is 9.58. The van der Waals surface area contributed by atoms with Crippen molar-refractivity contribution in [2.45, 2.75) is 33.7 Å². The second-order valence-corrected chi connectivity index (χ2v) is 8.77. The van der Waals surface area contributed by atoms with Gasteiger partial charge in [-0.15, -0.1) is 0 Å². The molecule has 0 unspecified atom stereocenters. The van der Waals surface area contributed by atoms with Crippen LogP contribution in [-0.4, -0.2) is 21.5 Å². The zero-order valence-corrected chi connectivity index (χ0v) is 20.5. The monoisotopic (exact) mass is 463 g/mol. The van der Waals surface area contributed by atoms with Gasteiger partial charge in [-0.2, -0.15) is 0 Å². The molecule has 3 aromatic heterocycles. The van der Waals surface area contributed by atoms with Gasteiger partial charge in [0.1, 0.15) is 23.0 Å². The van der Waals surface area contributed by atoms with E-state index in [1.807, 2.05) is 37.4 Å². The van der Waals surface area contributed by atoms with Crippen LogP contribution in [0.25, 0.3) is 33.4 Å². The summed E-state index contributed by atoms with van der Waals surface area (Å²) in [6.45, 7) is 9.03. The molecule has 0 aliphatic carbocycles. The molecule has 0 spiro atoms. The minimum Gasteiger partial charge on any atom is -0.464 e. The highest BCUT2D eigenvalue weighted by Crippen LogP contribution is 2.29. The lowest BCUT2D eigenvalue weighted by molar-refractivity contribution is 0.613. The van der Waals surface area contributed by atoms with Crippen LogP contribution in [-0.2, 0) is 0 Å². The molecule has 1 atom stereocenters. The maximum absolute atomic E-state index is 5.59. The highest BCUT2D eigenvalue weighted by atomic mass is 16.3. The van der Waals surface area contributed by atoms with Gasteiger partial charge in [0.2, 0.25) is 0 Å². The topological polar surface area (TPSA) is 75.9 Å². The Morgan fingerprint density at radius 3 is 2.54 bits per heavy atom. The van der Waals surface area contributed by atoms with E-state index in [2.05, 4.69) is 82.8 Å². The van der Waals surface area contributed by atoms with Crippen molar-refractivity contribution < 1.29 is 4.42 Å². The third-order valence-electron chi connectivity index (χ3n) is 6.11. The number of aryl methyl sites for hydroxylation is 2. The van der Waals surface area contributed by atoms with Crippen LogP contribution in [0.3, 0.4) is 0 Å². The van der Waals surface area contributed by atoms with Gasteiger partial charge in [-0.1, -0.05) is 18.2 Å². The number of benzene rings is 2. The van der Waals surface area contributed by atoms with Gasteiger partial charge in [0.15, 0.2) is 0 Å². The fraction of sp³-hybridized carbons (Fsp3) is 0.207. The quantitative estimate of drug-likeness (QED) is 0.266. The molecule has 2 aromatic carbocycles.